The fourth-order valence-electron chi connectivity index (χ4n) is 4.41. The number of aryl methyl sites for hydroxylation is 1. The Bertz CT molecular complexity index is 670. The number of aromatic nitrogens is 2. The summed E-state index contributed by atoms with van der Waals surface area (Å²) in [5.74, 6) is 0.870. The smallest absolute Gasteiger partial charge is 0.266 e. The van der Waals surface area contributed by atoms with Gasteiger partial charge in [-0.1, -0.05) is 12.8 Å². The topological polar surface area (TPSA) is 67.2 Å². The maximum atomic E-state index is 12.9. The number of nitrogens with one attached hydrogen (secondary N) is 1. The zero-order valence-electron chi connectivity index (χ0n) is 13.6. The molecule has 23 heavy (non-hydrogen) atoms. The van der Waals surface area contributed by atoms with E-state index in [2.05, 4.69) is 10.4 Å². The molecule has 2 fully saturated rings. The lowest BCUT2D eigenvalue weighted by Gasteiger charge is -2.30. The van der Waals surface area contributed by atoms with Gasteiger partial charge in [0.1, 0.15) is 0 Å². The lowest BCUT2D eigenvalue weighted by Crippen LogP contribution is -2.47. The van der Waals surface area contributed by atoms with E-state index >= 15 is 0 Å². The van der Waals surface area contributed by atoms with E-state index < -0.39 is 0 Å². The first-order valence-corrected chi connectivity index (χ1v) is 8.73. The van der Waals surface area contributed by atoms with Gasteiger partial charge in [0, 0.05) is 44.2 Å². The van der Waals surface area contributed by atoms with Crippen LogP contribution in [0.25, 0.3) is 0 Å². The number of hydrogen-bond donors (Lipinski definition) is 1. The van der Waals surface area contributed by atoms with E-state index in [0.29, 0.717) is 25.0 Å². The molecule has 1 aliphatic carbocycles. The summed E-state index contributed by atoms with van der Waals surface area (Å²) in [4.78, 5) is 26.5. The predicted octanol–water partition coefficient (Wildman–Crippen LogP) is 0.586. The maximum Gasteiger partial charge on any atom is 0.266 e. The average Bonchev–Trinajstić information content (AvgIpc) is 2.99. The monoisotopic (exact) mass is 316 g/mol. The lowest BCUT2D eigenvalue weighted by atomic mass is 9.85. The molecule has 0 unspecified atom stereocenters. The van der Waals surface area contributed by atoms with Gasteiger partial charge in [-0.15, -0.1) is 0 Å². The van der Waals surface area contributed by atoms with E-state index in [1.807, 2.05) is 4.90 Å². The Hall–Kier alpha value is -1.69. The number of carbonyl (C=O) groups is 1. The third-order valence-corrected chi connectivity index (χ3v) is 5.71. The minimum absolute atomic E-state index is 0.0378. The van der Waals surface area contributed by atoms with Crippen LogP contribution in [-0.4, -0.2) is 39.2 Å². The van der Waals surface area contributed by atoms with Crippen LogP contribution in [0, 0.1) is 5.92 Å². The van der Waals surface area contributed by atoms with E-state index in [1.54, 1.807) is 13.1 Å². The molecule has 0 aromatic carbocycles. The van der Waals surface area contributed by atoms with Crippen LogP contribution in [-0.2, 0) is 24.8 Å². The number of fused-ring (bicyclic) bond motifs is 2. The second-order valence-corrected chi connectivity index (χ2v) is 7.19. The molecule has 6 nitrogen and oxygen atoms in total. The molecule has 1 amide bonds. The Labute approximate surface area is 135 Å². The highest BCUT2D eigenvalue weighted by Gasteiger charge is 2.40. The quantitative estimate of drug-likeness (QED) is 0.823. The number of hydrogen-bond acceptors (Lipinski definition) is 4. The van der Waals surface area contributed by atoms with Crippen molar-refractivity contribution in [2.45, 2.75) is 57.2 Å². The molecule has 1 aromatic heterocycles. The summed E-state index contributed by atoms with van der Waals surface area (Å²) in [7, 11) is 1.67. The van der Waals surface area contributed by atoms with Crippen molar-refractivity contribution in [3.05, 3.63) is 27.7 Å². The van der Waals surface area contributed by atoms with Gasteiger partial charge in [0.15, 0.2) is 0 Å². The molecule has 4 rings (SSSR count). The predicted molar refractivity (Wildman–Crippen MR) is 85.9 cm³/mol. The Morgan fingerprint density at radius 3 is 3.00 bits per heavy atom. The van der Waals surface area contributed by atoms with Gasteiger partial charge in [-0.2, -0.15) is 5.10 Å². The molecule has 1 saturated heterocycles. The zero-order chi connectivity index (χ0) is 16.0. The summed E-state index contributed by atoms with van der Waals surface area (Å²) in [6.45, 7) is 1.22. The molecule has 1 N–H and O–H groups in total. The fourth-order valence-corrected chi connectivity index (χ4v) is 4.41. The molecular weight excluding hydrogens is 292 g/mol. The largest absolute Gasteiger partial charge is 0.337 e. The van der Waals surface area contributed by atoms with Crippen LogP contribution in [0.4, 0.5) is 0 Å². The first kappa shape index (κ1) is 14.9. The SMILES string of the molecule is Cn1nc2c(cc1=O)CN(C(=O)[C@@H]1C[C@@H]3CCCC[C@@H]3N1)CC2. The Kier molecular flexibility index (Phi) is 3.71. The van der Waals surface area contributed by atoms with E-state index in [0.717, 1.165) is 24.1 Å². The molecule has 1 saturated carbocycles. The summed E-state index contributed by atoms with van der Waals surface area (Å²) in [6.07, 6.45) is 6.74. The lowest BCUT2D eigenvalue weighted by molar-refractivity contribution is -0.134. The van der Waals surface area contributed by atoms with Crippen molar-refractivity contribution in [2.24, 2.45) is 13.0 Å². The van der Waals surface area contributed by atoms with Crippen molar-refractivity contribution in [2.75, 3.05) is 6.54 Å². The van der Waals surface area contributed by atoms with Crippen LogP contribution in [0.3, 0.4) is 0 Å². The standard InChI is InChI=1S/C17H24N4O2/c1-20-16(22)9-12-10-21(7-6-14(12)19-20)17(23)15-8-11-4-2-3-5-13(11)18-15/h9,11,13,15,18H,2-8,10H2,1H3/t11-,13-,15-/m0/s1. The number of carbonyl (C=O) groups excluding carboxylic acids is 1. The van der Waals surface area contributed by atoms with Gasteiger partial charge in [0.25, 0.3) is 5.56 Å². The highest BCUT2D eigenvalue weighted by atomic mass is 16.2. The van der Waals surface area contributed by atoms with Crippen LogP contribution in [0.2, 0.25) is 0 Å². The minimum atomic E-state index is -0.108. The van der Waals surface area contributed by atoms with Gasteiger partial charge in [-0.3, -0.25) is 9.59 Å². The number of amides is 1. The van der Waals surface area contributed by atoms with E-state index in [-0.39, 0.29) is 17.5 Å². The molecule has 124 valence electrons. The summed E-state index contributed by atoms with van der Waals surface area (Å²) in [5, 5.41) is 7.88. The second-order valence-electron chi connectivity index (χ2n) is 7.19. The average molecular weight is 316 g/mol. The van der Waals surface area contributed by atoms with Crippen molar-refractivity contribution in [1.82, 2.24) is 20.0 Å². The second kappa shape index (κ2) is 5.74. The Balaban J connectivity index is 1.48. The van der Waals surface area contributed by atoms with Crippen LogP contribution in [0.1, 0.15) is 43.4 Å². The molecule has 1 aromatic rings. The molecule has 3 atom stereocenters. The number of nitrogens with zero attached hydrogens (tertiary/aromatic N) is 3. The van der Waals surface area contributed by atoms with Crippen molar-refractivity contribution < 1.29 is 4.79 Å². The fraction of sp³-hybridized carbons (Fsp3) is 0.706. The normalized spacial score (nSPS) is 30.0. The van der Waals surface area contributed by atoms with Gasteiger partial charge in [0.2, 0.25) is 5.91 Å². The molecular formula is C17H24N4O2. The first-order chi connectivity index (χ1) is 11.1. The van der Waals surface area contributed by atoms with Crippen molar-refractivity contribution in [3.63, 3.8) is 0 Å². The van der Waals surface area contributed by atoms with Gasteiger partial charge >= 0.3 is 0 Å². The molecule has 0 bridgehead atoms. The minimum Gasteiger partial charge on any atom is -0.337 e. The van der Waals surface area contributed by atoms with Gasteiger partial charge in [-0.25, -0.2) is 4.68 Å². The summed E-state index contributed by atoms with van der Waals surface area (Å²) < 4.78 is 1.37. The Morgan fingerprint density at radius 2 is 2.17 bits per heavy atom. The Morgan fingerprint density at radius 1 is 1.35 bits per heavy atom. The van der Waals surface area contributed by atoms with Crippen LogP contribution in [0.5, 0.6) is 0 Å². The maximum absolute atomic E-state index is 12.9. The van der Waals surface area contributed by atoms with Crippen LogP contribution >= 0.6 is 0 Å². The summed E-state index contributed by atoms with van der Waals surface area (Å²) in [6, 6.07) is 2.12. The van der Waals surface area contributed by atoms with E-state index in [4.69, 9.17) is 0 Å². The van der Waals surface area contributed by atoms with Crippen LogP contribution < -0.4 is 10.9 Å². The van der Waals surface area contributed by atoms with Gasteiger partial charge in [-0.05, 0) is 25.2 Å². The highest BCUT2D eigenvalue weighted by Crippen LogP contribution is 2.34. The zero-order valence-corrected chi connectivity index (χ0v) is 13.6. The first-order valence-electron chi connectivity index (χ1n) is 8.73. The van der Waals surface area contributed by atoms with Gasteiger partial charge < -0.3 is 10.2 Å². The third kappa shape index (κ3) is 2.69. The molecule has 0 radical (unpaired) electrons. The third-order valence-electron chi connectivity index (χ3n) is 5.71. The van der Waals surface area contributed by atoms with Gasteiger partial charge in [0.05, 0.1) is 11.7 Å². The van der Waals surface area contributed by atoms with E-state index in [1.165, 1.54) is 30.4 Å². The summed E-state index contributed by atoms with van der Waals surface area (Å²) >= 11 is 0. The van der Waals surface area contributed by atoms with E-state index in [9.17, 15) is 9.59 Å². The molecule has 3 aliphatic rings. The molecule has 0 spiro atoms. The van der Waals surface area contributed by atoms with Crippen LogP contribution in [0.15, 0.2) is 10.9 Å². The van der Waals surface area contributed by atoms with Crippen molar-refractivity contribution >= 4 is 5.91 Å². The number of rotatable bonds is 1. The molecule has 2 aliphatic heterocycles. The van der Waals surface area contributed by atoms with Crippen molar-refractivity contribution in [1.29, 1.82) is 0 Å². The van der Waals surface area contributed by atoms with Crippen molar-refractivity contribution in [3.8, 4) is 0 Å². The molecule has 6 heteroatoms. The molecule has 3 heterocycles. The summed E-state index contributed by atoms with van der Waals surface area (Å²) in [5.41, 5.74) is 1.75. The highest BCUT2D eigenvalue weighted by molar-refractivity contribution is 5.82.